The molecule has 1 heterocycles. The second-order valence-electron chi connectivity index (χ2n) is 3.96. The van der Waals surface area contributed by atoms with Gasteiger partial charge in [0.1, 0.15) is 17.3 Å². The van der Waals surface area contributed by atoms with Crippen LogP contribution in [-0.4, -0.2) is 9.55 Å². The van der Waals surface area contributed by atoms with Crippen molar-refractivity contribution in [1.82, 2.24) is 9.55 Å². The predicted octanol–water partition coefficient (Wildman–Crippen LogP) is 2.85. The summed E-state index contributed by atoms with van der Waals surface area (Å²) in [7, 11) is 0. The van der Waals surface area contributed by atoms with Gasteiger partial charge < -0.3 is 10.3 Å². The standard InChI is InChI=1S/C12H14FN3/c1-8(2)16-7-15-11(12(16)14)9-5-3-4-6-10(9)13/h3-8H,14H2,1-2H3. The van der Waals surface area contributed by atoms with Crippen LogP contribution < -0.4 is 5.73 Å². The minimum absolute atomic E-state index is 0.216. The molecule has 2 rings (SSSR count). The van der Waals surface area contributed by atoms with Gasteiger partial charge in [-0.2, -0.15) is 0 Å². The molecule has 0 fully saturated rings. The van der Waals surface area contributed by atoms with E-state index in [1.807, 2.05) is 18.4 Å². The summed E-state index contributed by atoms with van der Waals surface area (Å²) in [6.07, 6.45) is 1.64. The zero-order valence-electron chi connectivity index (χ0n) is 9.31. The molecule has 0 saturated heterocycles. The Morgan fingerprint density at radius 3 is 2.56 bits per heavy atom. The Bertz CT molecular complexity index is 503. The molecular formula is C12H14FN3. The third-order valence-corrected chi connectivity index (χ3v) is 2.52. The van der Waals surface area contributed by atoms with Crippen LogP contribution in [0.5, 0.6) is 0 Å². The van der Waals surface area contributed by atoms with Crippen LogP contribution in [0.2, 0.25) is 0 Å². The monoisotopic (exact) mass is 219 g/mol. The molecule has 0 saturated carbocycles. The van der Waals surface area contributed by atoms with Crippen LogP contribution in [-0.2, 0) is 0 Å². The highest BCUT2D eigenvalue weighted by Gasteiger charge is 2.14. The minimum Gasteiger partial charge on any atom is -0.383 e. The largest absolute Gasteiger partial charge is 0.383 e. The first-order valence-electron chi connectivity index (χ1n) is 5.18. The second kappa shape index (κ2) is 3.96. The smallest absolute Gasteiger partial charge is 0.132 e. The topological polar surface area (TPSA) is 43.8 Å². The van der Waals surface area contributed by atoms with E-state index in [4.69, 9.17) is 5.73 Å². The maximum Gasteiger partial charge on any atom is 0.132 e. The SMILES string of the molecule is CC(C)n1cnc(-c2ccccc2F)c1N. The van der Waals surface area contributed by atoms with E-state index in [-0.39, 0.29) is 11.9 Å². The van der Waals surface area contributed by atoms with Gasteiger partial charge in [0.15, 0.2) is 0 Å². The molecule has 16 heavy (non-hydrogen) atoms. The zero-order chi connectivity index (χ0) is 11.7. The van der Waals surface area contributed by atoms with Crippen molar-refractivity contribution in [3.8, 4) is 11.3 Å². The van der Waals surface area contributed by atoms with Gasteiger partial charge in [0.25, 0.3) is 0 Å². The van der Waals surface area contributed by atoms with E-state index >= 15 is 0 Å². The van der Waals surface area contributed by atoms with Crippen molar-refractivity contribution in [2.45, 2.75) is 19.9 Å². The van der Waals surface area contributed by atoms with Crippen molar-refractivity contribution >= 4 is 5.82 Å². The molecule has 0 atom stereocenters. The van der Waals surface area contributed by atoms with Gasteiger partial charge in [0.2, 0.25) is 0 Å². The van der Waals surface area contributed by atoms with Crippen LogP contribution in [0.25, 0.3) is 11.3 Å². The first kappa shape index (κ1) is 10.7. The summed E-state index contributed by atoms with van der Waals surface area (Å²) in [5.41, 5.74) is 6.89. The number of anilines is 1. The van der Waals surface area contributed by atoms with Gasteiger partial charge in [0, 0.05) is 11.6 Å². The highest BCUT2D eigenvalue weighted by atomic mass is 19.1. The van der Waals surface area contributed by atoms with Gasteiger partial charge >= 0.3 is 0 Å². The van der Waals surface area contributed by atoms with Gasteiger partial charge in [-0.25, -0.2) is 9.37 Å². The first-order chi connectivity index (χ1) is 7.61. The molecule has 0 aliphatic carbocycles. The number of nitrogens with two attached hydrogens (primary N) is 1. The van der Waals surface area contributed by atoms with Gasteiger partial charge in [0.05, 0.1) is 6.33 Å². The molecular weight excluding hydrogens is 205 g/mol. The number of nitrogen functional groups attached to an aromatic ring is 1. The summed E-state index contributed by atoms with van der Waals surface area (Å²) in [5.74, 6) is 0.198. The lowest BCUT2D eigenvalue weighted by Gasteiger charge is -2.09. The van der Waals surface area contributed by atoms with Crippen molar-refractivity contribution in [2.24, 2.45) is 0 Å². The quantitative estimate of drug-likeness (QED) is 0.844. The lowest BCUT2D eigenvalue weighted by Crippen LogP contribution is -2.04. The van der Waals surface area contributed by atoms with Crippen molar-refractivity contribution in [2.75, 3.05) is 5.73 Å². The summed E-state index contributed by atoms with van der Waals surface area (Å²) < 4.78 is 15.4. The zero-order valence-corrected chi connectivity index (χ0v) is 9.31. The molecule has 0 amide bonds. The summed E-state index contributed by atoms with van der Waals surface area (Å²) in [5, 5.41) is 0. The van der Waals surface area contributed by atoms with Crippen LogP contribution in [0.15, 0.2) is 30.6 Å². The summed E-state index contributed by atoms with van der Waals surface area (Å²) >= 11 is 0. The van der Waals surface area contributed by atoms with Crippen LogP contribution >= 0.6 is 0 Å². The fraction of sp³-hybridized carbons (Fsp3) is 0.250. The lowest BCUT2D eigenvalue weighted by molar-refractivity contribution is 0.607. The molecule has 4 heteroatoms. The molecule has 1 aromatic carbocycles. The van der Waals surface area contributed by atoms with Crippen LogP contribution in [0.1, 0.15) is 19.9 Å². The molecule has 0 bridgehead atoms. The normalized spacial score (nSPS) is 11.0. The van der Waals surface area contributed by atoms with E-state index in [9.17, 15) is 4.39 Å². The van der Waals surface area contributed by atoms with E-state index in [2.05, 4.69) is 4.98 Å². The van der Waals surface area contributed by atoms with Crippen LogP contribution in [0.3, 0.4) is 0 Å². The van der Waals surface area contributed by atoms with E-state index < -0.39 is 0 Å². The van der Waals surface area contributed by atoms with Gasteiger partial charge in [-0.1, -0.05) is 12.1 Å². The highest BCUT2D eigenvalue weighted by molar-refractivity contribution is 5.70. The molecule has 84 valence electrons. The molecule has 2 N–H and O–H groups in total. The molecule has 3 nitrogen and oxygen atoms in total. The Morgan fingerprint density at radius 1 is 1.31 bits per heavy atom. The number of halogens is 1. The Balaban J connectivity index is 2.54. The van der Waals surface area contributed by atoms with Crippen LogP contribution in [0.4, 0.5) is 10.2 Å². The Labute approximate surface area is 93.7 Å². The summed E-state index contributed by atoms with van der Waals surface area (Å²) in [4.78, 5) is 4.17. The molecule has 0 spiro atoms. The second-order valence-corrected chi connectivity index (χ2v) is 3.96. The van der Waals surface area contributed by atoms with E-state index in [0.717, 1.165) is 0 Å². The fourth-order valence-electron chi connectivity index (χ4n) is 1.64. The molecule has 2 aromatic rings. The molecule has 0 radical (unpaired) electrons. The van der Waals surface area contributed by atoms with Gasteiger partial charge in [-0.15, -0.1) is 0 Å². The van der Waals surface area contributed by atoms with E-state index in [1.165, 1.54) is 6.07 Å². The van der Waals surface area contributed by atoms with E-state index in [0.29, 0.717) is 17.1 Å². The van der Waals surface area contributed by atoms with Crippen molar-refractivity contribution in [3.05, 3.63) is 36.4 Å². The fourth-order valence-corrected chi connectivity index (χ4v) is 1.64. The Morgan fingerprint density at radius 2 is 2.00 bits per heavy atom. The van der Waals surface area contributed by atoms with Gasteiger partial charge in [-0.05, 0) is 26.0 Å². The first-order valence-corrected chi connectivity index (χ1v) is 5.18. The third kappa shape index (κ3) is 1.66. The number of aromatic nitrogens is 2. The third-order valence-electron chi connectivity index (χ3n) is 2.52. The number of nitrogens with zero attached hydrogens (tertiary/aromatic N) is 2. The number of hydrogen-bond acceptors (Lipinski definition) is 2. The average molecular weight is 219 g/mol. The van der Waals surface area contributed by atoms with E-state index in [1.54, 1.807) is 24.5 Å². The Kier molecular flexibility index (Phi) is 2.64. The minimum atomic E-state index is -0.303. The number of imidazole rings is 1. The number of hydrogen-bond donors (Lipinski definition) is 1. The van der Waals surface area contributed by atoms with Crippen LogP contribution in [0, 0.1) is 5.82 Å². The lowest BCUT2D eigenvalue weighted by atomic mass is 10.1. The highest BCUT2D eigenvalue weighted by Crippen LogP contribution is 2.28. The maximum atomic E-state index is 13.6. The molecule has 0 unspecified atom stereocenters. The Hall–Kier alpha value is -1.84. The van der Waals surface area contributed by atoms with Gasteiger partial charge in [-0.3, -0.25) is 0 Å². The maximum absolute atomic E-state index is 13.6. The molecule has 1 aromatic heterocycles. The molecule has 0 aliphatic heterocycles. The predicted molar refractivity (Wildman–Crippen MR) is 62.4 cm³/mol. The van der Waals surface area contributed by atoms with Crippen molar-refractivity contribution < 1.29 is 4.39 Å². The number of benzene rings is 1. The van der Waals surface area contributed by atoms with Crippen molar-refractivity contribution in [3.63, 3.8) is 0 Å². The summed E-state index contributed by atoms with van der Waals surface area (Å²) in [6, 6.07) is 6.72. The van der Waals surface area contributed by atoms with Crippen molar-refractivity contribution in [1.29, 1.82) is 0 Å². The average Bonchev–Trinajstić information content (AvgIpc) is 2.61. The number of rotatable bonds is 2. The molecule has 0 aliphatic rings. The summed E-state index contributed by atoms with van der Waals surface area (Å²) in [6.45, 7) is 4.01.